The Kier molecular flexibility index (Phi) is 8.25. The van der Waals surface area contributed by atoms with Crippen LogP contribution in [0.2, 0.25) is 0 Å². The van der Waals surface area contributed by atoms with Crippen LogP contribution in [-0.2, 0) is 9.53 Å². The zero-order valence-electron chi connectivity index (χ0n) is 15.5. The van der Waals surface area contributed by atoms with Crippen LogP contribution in [0.3, 0.4) is 0 Å². The van der Waals surface area contributed by atoms with E-state index in [-0.39, 0.29) is 23.9 Å². The molecule has 0 radical (unpaired) electrons. The first-order valence-corrected chi connectivity index (χ1v) is 9.59. The van der Waals surface area contributed by atoms with Crippen LogP contribution in [-0.4, -0.2) is 60.1 Å². The standard InChI is InChI=1S/C18H26N4O4S/c1-2-26-18(25)22-11-7-13(8-12-22)21-15(23)6-4-9-19-16(24)14-5-3-10-20-17(14)27/h3,5,10,13H,2,4,6-9,11-12H2,1H3,(H,19,24)(H,20,27)(H,21,23). The van der Waals surface area contributed by atoms with Crippen molar-refractivity contribution in [2.24, 2.45) is 0 Å². The van der Waals surface area contributed by atoms with E-state index in [1.54, 1.807) is 30.2 Å². The molecule has 1 aliphatic heterocycles. The topological polar surface area (TPSA) is 104 Å². The number of rotatable bonds is 7. The molecule has 8 nitrogen and oxygen atoms in total. The molecule has 3 amide bonds. The van der Waals surface area contributed by atoms with Crippen molar-refractivity contribution in [2.75, 3.05) is 26.2 Å². The van der Waals surface area contributed by atoms with E-state index in [1.807, 2.05) is 0 Å². The average molecular weight is 394 g/mol. The van der Waals surface area contributed by atoms with Crippen molar-refractivity contribution in [3.63, 3.8) is 0 Å². The highest BCUT2D eigenvalue weighted by Crippen LogP contribution is 2.11. The molecule has 0 saturated carbocycles. The molecule has 9 heteroatoms. The minimum Gasteiger partial charge on any atom is -0.450 e. The van der Waals surface area contributed by atoms with Crippen molar-refractivity contribution in [3.8, 4) is 0 Å². The Balaban J connectivity index is 1.62. The Morgan fingerprint density at radius 3 is 2.74 bits per heavy atom. The molecule has 0 bridgehead atoms. The molecule has 2 rings (SSSR count). The fourth-order valence-corrected chi connectivity index (χ4v) is 3.10. The first-order valence-electron chi connectivity index (χ1n) is 9.18. The lowest BCUT2D eigenvalue weighted by Gasteiger charge is -2.31. The third kappa shape index (κ3) is 6.67. The molecule has 1 saturated heterocycles. The monoisotopic (exact) mass is 394 g/mol. The second-order valence-electron chi connectivity index (χ2n) is 6.30. The Morgan fingerprint density at radius 2 is 2.07 bits per heavy atom. The van der Waals surface area contributed by atoms with Gasteiger partial charge in [-0.05, 0) is 38.3 Å². The van der Waals surface area contributed by atoms with Gasteiger partial charge in [0.15, 0.2) is 0 Å². The van der Waals surface area contributed by atoms with E-state index in [1.165, 1.54) is 0 Å². The third-order valence-electron chi connectivity index (χ3n) is 4.32. The molecule has 27 heavy (non-hydrogen) atoms. The Bertz CT molecular complexity index is 713. The highest BCUT2D eigenvalue weighted by Gasteiger charge is 2.24. The van der Waals surface area contributed by atoms with E-state index in [4.69, 9.17) is 17.0 Å². The highest BCUT2D eigenvalue weighted by atomic mass is 32.1. The van der Waals surface area contributed by atoms with Crippen LogP contribution < -0.4 is 10.6 Å². The molecule has 1 aliphatic rings. The molecule has 2 heterocycles. The predicted molar refractivity (Wildman–Crippen MR) is 103 cm³/mol. The lowest BCUT2D eigenvalue weighted by molar-refractivity contribution is -0.122. The maximum atomic E-state index is 12.0. The van der Waals surface area contributed by atoms with Crippen LogP contribution in [0.1, 0.15) is 43.0 Å². The molecule has 148 valence electrons. The van der Waals surface area contributed by atoms with Gasteiger partial charge in [0.2, 0.25) is 5.91 Å². The van der Waals surface area contributed by atoms with Gasteiger partial charge in [0, 0.05) is 38.3 Å². The number of amides is 3. The van der Waals surface area contributed by atoms with Crippen molar-refractivity contribution in [2.45, 2.75) is 38.6 Å². The zero-order valence-corrected chi connectivity index (χ0v) is 16.3. The van der Waals surface area contributed by atoms with E-state index < -0.39 is 0 Å². The molecular formula is C18H26N4O4S. The number of ether oxygens (including phenoxy) is 1. The largest absolute Gasteiger partial charge is 0.450 e. The Morgan fingerprint density at radius 1 is 1.33 bits per heavy atom. The summed E-state index contributed by atoms with van der Waals surface area (Å²) < 4.78 is 5.37. The number of nitrogens with one attached hydrogen (secondary N) is 3. The van der Waals surface area contributed by atoms with Gasteiger partial charge in [0.05, 0.1) is 12.2 Å². The highest BCUT2D eigenvalue weighted by molar-refractivity contribution is 7.71. The van der Waals surface area contributed by atoms with Crippen molar-refractivity contribution in [1.29, 1.82) is 0 Å². The summed E-state index contributed by atoms with van der Waals surface area (Å²) in [6.45, 7) is 3.70. The fourth-order valence-electron chi connectivity index (χ4n) is 2.87. The number of carbonyl (C=O) groups excluding carboxylic acids is 3. The van der Waals surface area contributed by atoms with E-state index in [0.717, 1.165) is 0 Å². The molecule has 0 spiro atoms. The molecule has 0 unspecified atom stereocenters. The van der Waals surface area contributed by atoms with E-state index in [9.17, 15) is 14.4 Å². The summed E-state index contributed by atoms with van der Waals surface area (Å²) in [6, 6.07) is 3.44. The van der Waals surface area contributed by atoms with Crippen LogP contribution in [0.5, 0.6) is 0 Å². The predicted octanol–water partition coefficient (Wildman–Crippen LogP) is 1.99. The molecule has 1 aromatic heterocycles. The maximum absolute atomic E-state index is 12.0. The summed E-state index contributed by atoms with van der Waals surface area (Å²) in [7, 11) is 0. The first-order chi connectivity index (χ1) is 13.0. The van der Waals surface area contributed by atoms with Gasteiger partial charge in [-0.1, -0.05) is 12.2 Å². The average Bonchev–Trinajstić information content (AvgIpc) is 2.66. The lowest BCUT2D eigenvalue weighted by atomic mass is 10.1. The number of piperidine rings is 1. The Labute approximate surface area is 163 Å². The van der Waals surface area contributed by atoms with Gasteiger partial charge in [-0.3, -0.25) is 9.59 Å². The summed E-state index contributed by atoms with van der Waals surface area (Å²) in [6.07, 6.45) is 3.68. The normalized spacial score (nSPS) is 14.5. The molecule has 1 fully saturated rings. The van der Waals surface area contributed by atoms with Crippen molar-refractivity contribution in [1.82, 2.24) is 20.5 Å². The summed E-state index contributed by atoms with van der Waals surface area (Å²) >= 11 is 5.07. The molecule has 0 aromatic carbocycles. The number of likely N-dealkylation sites (tertiary alicyclic amines) is 1. The third-order valence-corrected chi connectivity index (χ3v) is 4.65. The second-order valence-corrected chi connectivity index (χ2v) is 6.71. The lowest BCUT2D eigenvalue weighted by Crippen LogP contribution is -2.46. The van der Waals surface area contributed by atoms with E-state index in [0.29, 0.717) is 62.1 Å². The number of aromatic nitrogens is 1. The molecule has 1 aromatic rings. The van der Waals surface area contributed by atoms with Crippen LogP contribution in [0.25, 0.3) is 0 Å². The second kappa shape index (κ2) is 10.7. The minimum absolute atomic E-state index is 0.0455. The van der Waals surface area contributed by atoms with Crippen molar-refractivity contribution >= 4 is 30.1 Å². The van der Waals surface area contributed by atoms with Crippen LogP contribution >= 0.6 is 12.2 Å². The van der Waals surface area contributed by atoms with Gasteiger partial charge < -0.3 is 25.3 Å². The van der Waals surface area contributed by atoms with Crippen LogP contribution in [0.4, 0.5) is 4.79 Å². The summed E-state index contributed by atoms with van der Waals surface area (Å²) in [5.41, 5.74) is 0.422. The zero-order chi connectivity index (χ0) is 19.6. The van der Waals surface area contributed by atoms with Gasteiger partial charge in [-0.2, -0.15) is 0 Å². The maximum Gasteiger partial charge on any atom is 0.409 e. The van der Waals surface area contributed by atoms with Crippen molar-refractivity contribution in [3.05, 3.63) is 28.5 Å². The van der Waals surface area contributed by atoms with Crippen LogP contribution in [0.15, 0.2) is 18.3 Å². The summed E-state index contributed by atoms with van der Waals surface area (Å²) in [4.78, 5) is 40.2. The Hall–Kier alpha value is -2.42. The number of H-pyrrole nitrogens is 1. The van der Waals surface area contributed by atoms with E-state index in [2.05, 4.69) is 15.6 Å². The fraction of sp³-hybridized carbons (Fsp3) is 0.556. The number of pyridine rings is 1. The summed E-state index contributed by atoms with van der Waals surface area (Å²) in [5, 5.41) is 5.75. The van der Waals surface area contributed by atoms with E-state index >= 15 is 0 Å². The van der Waals surface area contributed by atoms with Crippen LogP contribution in [0, 0.1) is 4.64 Å². The SMILES string of the molecule is CCOC(=O)N1CCC(NC(=O)CCCNC(=O)c2ccc[nH]c2=S)CC1. The summed E-state index contributed by atoms with van der Waals surface area (Å²) in [5.74, 6) is -0.292. The quantitative estimate of drug-likeness (QED) is 0.485. The molecule has 0 atom stereocenters. The number of carbonyl (C=O) groups is 3. The number of nitrogens with zero attached hydrogens (tertiary/aromatic N) is 1. The minimum atomic E-state index is -0.295. The number of aromatic amines is 1. The smallest absolute Gasteiger partial charge is 0.409 e. The number of hydrogen-bond acceptors (Lipinski definition) is 5. The van der Waals surface area contributed by atoms with Gasteiger partial charge in [-0.25, -0.2) is 4.79 Å². The van der Waals surface area contributed by atoms with Crippen molar-refractivity contribution < 1.29 is 19.1 Å². The van der Waals surface area contributed by atoms with Gasteiger partial charge >= 0.3 is 6.09 Å². The van der Waals surface area contributed by atoms with Gasteiger partial charge in [-0.15, -0.1) is 0 Å². The van der Waals surface area contributed by atoms with Gasteiger partial charge in [0.25, 0.3) is 5.91 Å². The molecule has 0 aliphatic carbocycles. The number of hydrogen-bond donors (Lipinski definition) is 3. The van der Waals surface area contributed by atoms with Gasteiger partial charge in [0.1, 0.15) is 4.64 Å². The first kappa shape index (κ1) is 20.9. The molecule has 3 N–H and O–H groups in total. The molecular weight excluding hydrogens is 368 g/mol.